The highest BCUT2D eigenvalue weighted by molar-refractivity contribution is 7.89. The van der Waals surface area contributed by atoms with Crippen molar-refractivity contribution in [1.82, 2.24) is 4.72 Å². The SMILES string of the molecule is C[C@H]1C[C@@H](NS(=O)(=O)c2ccccc2)CC(C)(C)C1. The standard InChI is InChI=1S/C15H23NO2S/c1-12-9-13(11-15(2,3)10-12)16-19(17,18)14-7-5-4-6-8-14/h4-8,12-13,16H,9-11H2,1-3H3/t12-,13+/m0/s1. The van der Waals surface area contributed by atoms with E-state index in [0.717, 1.165) is 19.3 Å². The number of nitrogens with one attached hydrogen (secondary N) is 1. The van der Waals surface area contributed by atoms with Crippen LogP contribution in [0, 0.1) is 11.3 Å². The Morgan fingerprint density at radius 3 is 2.37 bits per heavy atom. The van der Waals surface area contributed by atoms with Crippen molar-refractivity contribution >= 4 is 10.0 Å². The fourth-order valence-electron chi connectivity index (χ4n) is 3.32. The van der Waals surface area contributed by atoms with Crippen LogP contribution in [-0.4, -0.2) is 14.5 Å². The fourth-order valence-corrected chi connectivity index (χ4v) is 4.59. The van der Waals surface area contributed by atoms with Gasteiger partial charge in [0.25, 0.3) is 0 Å². The smallest absolute Gasteiger partial charge is 0.208 e. The highest BCUT2D eigenvalue weighted by Gasteiger charge is 2.34. The van der Waals surface area contributed by atoms with Gasteiger partial charge in [-0.15, -0.1) is 0 Å². The summed E-state index contributed by atoms with van der Waals surface area (Å²) in [5, 5.41) is 0. The molecule has 1 aromatic rings. The summed E-state index contributed by atoms with van der Waals surface area (Å²) in [4.78, 5) is 0.353. The molecule has 1 N–H and O–H groups in total. The molecule has 1 saturated carbocycles. The second kappa shape index (κ2) is 5.25. The molecule has 2 atom stereocenters. The molecule has 1 fully saturated rings. The second-order valence-electron chi connectivity index (χ2n) is 6.54. The van der Waals surface area contributed by atoms with Crippen molar-refractivity contribution < 1.29 is 8.42 Å². The molecule has 0 aromatic heterocycles. The summed E-state index contributed by atoms with van der Waals surface area (Å²) >= 11 is 0. The van der Waals surface area contributed by atoms with Gasteiger partial charge in [-0.2, -0.15) is 0 Å². The molecule has 0 heterocycles. The third kappa shape index (κ3) is 3.80. The molecule has 106 valence electrons. The summed E-state index contributed by atoms with van der Waals surface area (Å²) in [6.45, 7) is 6.63. The fraction of sp³-hybridized carbons (Fsp3) is 0.600. The first-order chi connectivity index (χ1) is 8.78. The summed E-state index contributed by atoms with van der Waals surface area (Å²) in [5.74, 6) is 0.562. The monoisotopic (exact) mass is 281 g/mol. The predicted octanol–water partition coefficient (Wildman–Crippen LogP) is 3.18. The van der Waals surface area contributed by atoms with E-state index in [0.29, 0.717) is 10.8 Å². The van der Waals surface area contributed by atoms with E-state index in [4.69, 9.17) is 0 Å². The molecular weight excluding hydrogens is 258 g/mol. The van der Waals surface area contributed by atoms with Crippen molar-refractivity contribution in [3.63, 3.8) is 0 Å². The molecular formula is C15H23NO2S. The van der Waals surface area contributed by atoms with E-state index >= 15 is 0 Å². The normalized spacial score (nSPS) is 27.1. The molecule has 0 unspecified atom stereocenters. The minimum atomic E-state index is -3.38. The van der Waals surface area contributed by atoms with Crippen molar-refractivity contribution in [3.8, 4) is 0 Å². The minimum Gasteiger partial charge on any atom is -0.208 e. The Labute approximate surface area is 116 Å². The first-order valence-electron chi connectivity index (χ1n) is 6.86. The van der Waals surface area contributed by atoms with Crippen LogP contribution < -0.4 is 4.72 Å². The van der Waals surface area contributed by atoms with Gasteiger partial charge in [0, 0.05) is 6.04 Å². The molecule has 1 aliphatic rings. The van der Waals surface area contributed by atoms with Crippen LogP contribution in [0.4, 0.5) is 0 Å². The molecule has 1 aromatic carbocycles. The molecule has 0 aliphatic heterocycles. The average Bonchev–Trinajstić information content (AvgIpc) is 2.26. The Hall–Kier alpha value is -0.870. The van der Waals surface area contributed by atoms with Gasteiger partial charge in [0.1, 0.15) is 0 Å². The summed E-state index contributed by atoms with van der Waals surface area (Å²) in [6.07, 6.45) is 3.00. The molecule has 3 nitrogen and oxygen atoms in total. The lowest BCUT2D eigenvalue weighted by atomic mass is 9.71. The van der Waals surface area contributed by atoms with Crippen molar-refractivity contribution in [3.05, 3.63) is 30.3 Å². The van der Waals surface area contributed by atoms with E-state index in [1.165, 1.54) is 0 Å². The van der Waals surface area contributed by atoms with Crippen LogP contribution in [0.25, 0.3) is 0 Å². The molecule has 4 heteroatoms. The lowest BCUT2D eigenvalue weighted by Gasteiger charge is -2.39. The lowest BCUT2D eigenvalue weighted by Crippen LogP contribution is -2.42. The van der Waals surface area contributed by atoms with E-state index in [-0.39, 0.29) is 11.5 Å². The van der Waals surface area contributed by atoms with Crippen LogP contribution in [0.5, 0.6) is 0 Å². The Morgan fingerprint density at radius 1 is 1.16 bits per heavy atom. The van der Waals surface area contributed by atoms with Gasteiger partial charge in [0.2, 0.25) is 10.0 Å². The molecule has 0 spiro atoms. The van der Waals surface area contributed by atoms with E-state index < -0.39 is 10.0 Å². The van der Waals surface area contributed by atoms with E-state index in [2.05, 4.69) is 25.5 Å². The zero-order valence-electron chi connectivity index (χ0n) is 11.9. The number of benzene rings is 1. The maximum Gasteiger partial charge on any atom is 0.240 e. The second-order valence-corrected chi connectivity index (χ2v) is 8.26. The van der Waals surface area contributed by atoms with Crippen LogP contribution in [0.1, 0.15) is 40.0 Å². The van der Waals surface area contributed by atoms with Crippen LogP contribution in [0.15, 0.2) is 35.2 Å². The largest absolute Gasteiger partial charge is 0.240 e. The van der Waals surface area contributed by atoms with Gasteiger partial charge in [0.05, 0.1) is 4.90 Å². The Balaban J connectivity index is 2.13. The summed E-state index contributed by atoms with van der Waals surface area (Å²) in [7, 11) is -3.38. The van der Waals surface area contributed by atoms with Crippen molar-refractivity contribution in [2.75, 3.05) is 0 Å². The van der Waals surface area contributed by atoms with Crippen molar-refractivity contribution in [1.29, 1.82) is 0 Å². The summed E-state index contributed by atoms with van der Waals surface area (Å²) < 4.78 is 27.5. The maximum atomic E-state index is 12.3. The van der Waals surface area contributed by atoms with Crippen molar-refractivity contribution in [2.24, 2.45) is 11.3 Å². The highest BCUT2D eigenvalue weighted by Crippen LogP contribution is 2.38. The van der Waals surface area contributed by atoms with Gasteiger partial charge < -0.3 is 0 Å². The number of sulfonamides is 1. The zero-order valence-corrected chi connectivity index (χ0v) is 12.7. The lowest BCUT2D eigenvalue weighted by molar-refractivity contribution is 0.163. The van der Waals surface area contributed by atoms with E-state index in [9.17, 15) is 8.42 Å². The number of rotatable bonds is 3. The summed E-state index contributed by atoms with van der Waals surface area (Å²) in [6, 6.07) is 8.65. The van der Waals surface area contributed by atoms with Crippen LogP contribution in [0.2, 0.25) is 0 Å². The Bertz CT molecular complexity index is 522. The molecule has 0 radical (unpaired) electrons. The van der Waals surface area contributed by atoms with Gasteiger partial charge in [-0.05, 0) is 42.7 Å². The van der Waals surface area contributed by atoms with Crippen LogP contribution >= 0.6 is 0 Å². The minimum absolute atomic E-state index is 0.0453. The third-order valence-corrected chi connectivity index (χ3v) is 5.30. The Kier molecular flexibility index (Phi) is 4.02. The van der Waals surface area contributed by atoms with Gasteiger partial charge in [-0.1, -0.05) is 39.0 Å². The summed E-state index contributed by atoms with van der Waals surface area (Å²) in [5.41, 5.74) is 0.210. The van der Waals surface area contributed by atoms with Crippen LogP contribution in [0.3, 0.4) is 0 Å². The van der Waals surface area contributed by atoms with E-state index in [1.807, 2.05) is 6.07 Å². The van der Waals surface area contributed by atoms with Gasteiger partial charge in [0.15, 0.2) is 0 Å². The molecule has 0 saturated heterocycles. The molecule has 1 aliphatic carbocycles. The first kappa shape index (κ1) is 14.5. The third-order valence-electron chi connectivity index (χ3n) is 3.76. The zero-order chi connectivity index (χ0) is 14.1. The molecule has 2 rings (SSSR count). The van der Waals surface area contributed by atoms with E-state index in [1.54, 1.807) is 24.3 Å². The van der Waals surface area contributed by atoms with Gasteiger partial charge in [-0.3, -0.25) is 0 Å². The molecule has 19 heavy (non-hydrogen) atoms. The predicted molar refractivity (Wildman–Crippen MR) is 77.3 cm³/mol. The van der Waals surface area contributed by atoms with Crippen molar-refractivity contribution in [2.45, 2.75) is 51.0 Å². The number of hydrogen-bond donors (Lipinski definition) is 1. The topological polar surface area (TPSA) is 46.2 Å². The average molecular weight is 281 g/mol. The maximum absolute atomic E-state index is 12.3. The Morgan fingerprint density at radius 2 is 1.79 bits per heavy atom. The van der Waals surface area contributed by atoms with Gasteiger partial charge >= 0.3 is 0 Å². The highest BCUT2D eigenvalue weighted by atomic mass is 32.2. The number of hydrogen-bond acceptors (Lipinski definition) is 2. The first-order valence-corrected chi connectivity index (χ1v) is 8.34. The molecule has 0 amide bonds. The quantitative estimate of drug-likeness (QED) is 0.925. The van der Waals surface area contributed by atoms with Crippen LogP contribution in [-0.2, 0) is 10.0 Å². The molecule has 0 bridgehead atoms. The van der Waals surface area contributed by atoms with Gasteiger partial charge in [-0.25, -0.2) is 13.1 Å².